The third kappa shape index (κ3) is 3.45. The van der Waals surface area contributed by atoms with Crippen LogP contribution >= 0.6 is 0 Å². The lowest BCUT2D eigenvalue weighted by Crippen LogP contribution is -2.09. The first-order chi connectivity index (χ1) is 9.19. The molecule has 0 aromatic carbocycles. The highest BCUT2D eigenvalue weighted by molar-refractivity contribution is 6.02. The zero-order valence-electron chi connectivity index (χ0n) is 10.7. The van der Waals surface area contributed by atoms with Crippen molar-refractivity contribution >= 4 is 17.7 Å². The Morgan fingerprint density at radius 1 is 1.53 bits per heavy atom. The minimum Gasteiger partial charge on any atom is -0.480 e. The highest BCUT2D eigenvalue weighted by Gasteiger charge is 2.07. The first kappa shape index (κ1) is 12.9. The maximum atomic E-state index is 11.8. The third-order valence-electron chi connectivity index (χ3n) is 2.38. The highest BCUT2D eigenvalue weighted by Crippen LogP contribution is 2.21. The van der Waals surface area contributed by atoms with E-state index in [0.717, 1.165) is 5.56 Å². The number of nitrogens with zero attached hydrogens (tertiary/aromatic N) is 1. The quantitative estimate of drug-likeness (QED) is 0.856. The van der Waals surface area contributed by atoms with Crippen LogP contribution in [0.15, 0.2) is 41.2 Å². The van der Waals surface area contributed by atoms with Crippen LogP contribution in [0.2, 0.25) is 0 Å². The van der Waals surface area contributed by atoms with Crippen LogP contribution in [0.5, 0.6) is 5.88 Å². The summed E-state index contributed by atoms with van der Waals surface area (Å²) in [6.45, 7) is 1.89. The number of carbonyl (C=O) groups is 1. The van der Waals surface area contributed by atoms with Crippen molar-refractivity contribution in [1.82, 2.24) is 4.98 Å². The van der Waals surface area contributed by atoms with Crippen LogP contribution in [0.1, 0.15) is 11.3 Å². The molecular formula is C14H14N2O3. The summed E-state index contributed by atoms with van der Waals surface area (Å²) >= 11 is 0. The van der Waals surface area contributed by atoms with Gasteiger partial charge in [0, 0.05) is 12.3 Å². The van der Waals surface area contributed by atoms with Crippen molar-refractivity contribution in [1.29, 1.82) is 0 Å². The number of nitrogens with one attached hydrogen (secondary N) is 1. The molecule has 0 fully saturated rings. The van der Waals surface area contributed by atoms with Gasteiger partial charge in [0.1, 0.15) is 11.4 Å². The van der Waals surface area contributed by atoms with Gasteiger partial charge >= 0.3 is 0 Å². The normalized spacial score (nSPS) is 10.6. The summed E-state index contributed by atoms with van der Waals surface area (Å²) in [5.74, 6) is 0.719. The van der Waals surface area contributed by atoms with E-state index in [1.807, 2.05) is 6.92 Å². The number of ether oxygens (including phenoxy) is 1. The van der Waals surface area contributed by atoms with E-state index < -0.39 is 0 Å². The van der Waals surface area contributed by atoms with Gasteiger partial charge in [-0.1, -0.05) is 0 Å². The lowest BCUT2D eigenvalue weighted by molar-refractivity contribution is -0.111. The lowest BCUT2D eigenvalue weighted by Gasteiger charge is -2.08. The Bertz CT molecular complexity index is 589. The van der Waals surface area contributed by atoms with Gasteiger partial charge in [0.05, 0.1) is 13.4 Å². The number of aromatic nitrogens is 1. The van der Waals surface area contributed by atoms with Crippen molar-refractivity contribution in [3.8, 4) is 5.88 Å². The largest absolute Gasteiger partial charge is 0.480 e. The Morgan fingerprint density at radius 3 is 3.05 bits per heavy atom. The maximum absolute atomic E-state index is 11.8. The van der Waals surface area contributed by atoms with Crippen LogP contribution in [0.3, 0.4) is 0 Å². The minimum absolute atomic E-state index is 0.276. The number of amides is 1. The fraction of sp³-hybridized carbons (Fsp3) is 0.143. The van der Waals surface area contributed by atoms with Crippen LogP contribution in [-0.2, 0) is 4.79 Å². The van der Waals surface area contributed by atoms with Crippen LogP contribution in [0, 0.1) is 6.92 Å². The predicted molar refractivity (Wildman–Crippen MR) is 71.9 cm³/mol. The predicted octanol–water partition coefficient (Wildman–Crippen LogP) is 2.64. The fourth-order valence-corrected chi connectivity index (χ4v) is 1.53. The zero-order valence-corrected chi connectivity index (χ0v) is 10.7. The summed E-state index contributed by atoms with van der Waals surface area (Å²) in [5, 5.41) is 2.71. The second kappa shape index (κ2) is 5.86. The molecule has 19 heavy (non-hydrogen) atoms. The molecule has 0 unspecified atom stereocenters. The number of rotatable bonds is 4. The number of aryl methyl sites for hydroxylation is 1. The molecular weight excluding hydrogens is 244 g/mol. The molecule has 0 atom stereocenters. The monoisotopic (exact) mass is 258 g/mol. The molecule has 5 nitrogen and oxygen atoms in total. The van der Waals surface area contributed by atoms with Crippen LogP contribution < -0.4 is 10.1 Å². The molecule has 1 amide bonds. The van der Waals surface area contributed by atoms with Crippen molar-refractivity contribution in [3.05, 3.63) is 48.1 Å². The van der Waals surface area contributed by atoms with Crippen molar-refractivity contribution in [3.63, 3.8) is 0 Å². The molecule has 0 spiro atoms. The summed E-state index contributed by atoms with van der Waals surface area (Å²) < 4.78 is 10.2. The number of carbonyl (C=O) groups excluding carboxylic acids is 1. The van der Waals surface area contributed by atoms with E-state index >= 15 is 0 Å². The molecule has 5 heteroatoms. The first-order valence-electron chi connectivity index (χ1n) is 5.72. The van der Waals surface area contributed by atoms with Gasteiger partial charge in [-0.15, -0.1) is 0 Å². The molecule has 0 radical (unpaired) electrons. The van der Waals surface area contributed by atoms with E-state index in [2.05, 4.69) is 10.3 Å². The number of hydrogen-bond donors (Lipinski definition) is 1. The molecule has 0 bridgehead atoms. The van der Waals surface area contributed by atoms with E-state index in [1.165, 1.54) is 13.2 Å². The number of hydrogen-bond acceptors (Lipinski definition) is 4. The van der Waals surface area contributed by atoms with Crippen molar-refractivity contribution in [2.75, 3.05) is 12.4 Å². The summed E-state index contributed by atoms with van der Waals surface area (Å²) in [7, 11) is 1.51. The smallest absolute Gasteiger partial charge is 0.248 e. The van der Waals surface area contributed by atoms with Crippen molar-refractivity contribution in [2.24, 2.45) is 0 Å². The lowest BCUT2D eigenvalue weighted by atomic mass is 10.3. The second-order valence-corrected chi connectivity index (χ2v) is 3.91. The van der Waals surface area contributed by atoms with E-state index in [-0.39, 0.29) is 5.91 Å². The van der Waals surface area contributed by atoms with Gasteiger partial charge in [0.25, 0.3) is 0 Å². The highest BCUT2D eigenvalue weighted by atomic mass is 16.5. The molecule has 2 aromatic heterocycles. The van der Waals surface area contributed by atoms with Gasteiger partial charge in [-0.05, 0) is 36.8 Å². The van der Waals surface area contributed by atoms with E-state index in [0.29, 0.717) is 17.3 Å². The molecule has 1 N–H and O–H groups in total. The van der Waals surface area contributed by atoms with Gasteiger partial charge in [0.2, 0.25) is 11.8 Å². The Hall–Kier alpha value is -2.56. The summed E-state index contributed by atoms with van der Waals surface area (Å²) in [6, 6.07) is 5.31. The summed E-state index contributed by atoms with van der Waals surface area (Å²) in [6.07, 6.45) is 6.20. The van der Waals surface area contributed by atoms with Gasteiger partial charge in [-0.2, -0.15) is 0 Å². The van der Waals surface area contributed by atoms with E-state index in [9.17, 15) is 4.79 Å². The van der Waals surface area contributed by atoms with Crippen LogP contribution in [0.25, 0.3) is 6.08 Å². The number of anilines is 1. The Labute approximate surface area is 110 Å². The molecule has 0 saturated heterocycles. The van der Waals surface area contributed by atoms with Gasteiger partial charge < -0.3 is 14.5 Å². The molecule has 0 aliphatic heterocycles. The van der Waals surface area contributed by atoms with Gasteiger partial charge in [0.15, 0.2) is 0 Å². The van der Waals surface area contributed by atoms with E-state index in [1.54, 1.807) is 36.7 Å². The standard InChI is InChI=1S/C14H14N2O3/c1-10-8-12(14(18-2)15-9-10)16-13(17)6-5-11-4-3-7-19-11/h3-9H,1-2H3,(H,16,17)/b6-5-. The summed E-state index contributed by atoms with van der Waals surface area (Å²) in [4.78, 5) is 15.8. The van der Waals surface area contributed by atoms with Crippen molar-refractivity contribution in [2.45, 2.75) is 6.92 Å². The molecule has 0 aliphatic carbocycles. The average molecular weight is 258 g/mol. The second-order valence-electron chi connectivity index (χ2n) is 3.91. The maximum Gasteiger partial charge on any atom is 0.248 e. The number of furan rings is 1. The number of pyridine rings is 1. The third-order valence-corrected chi connectivity index (χ3v) is 2.38. The Balaban J connectivity index is 2.08. The van der Waals surface area contributed by atoms with Crippen molar-refractivity contribution < 1.29 is 13.9 Å². The average Bonchev–Trinajstić information content (AvgIpc) is 2.90. The van der Waals surface area contributed by atoms with Gasteiger partial charge in [-0.3, -0.25) is 4.79 Å². The molecule has 98 valence electrons. The Kier molecular flexibility index (Phi) is 3.97. The molecule has 0 aliphatic rings. The topological polar surface area (TPSA) is 64.4 Å². The molecule has 2 heterocycles. The summed E-state index contributed by atoms with van der Waals surface area (Å²) in [5.41, 5.74) is 1.47. The molecule has 0 saturated carbocycles. The molecule has 2 aromatic rings. The SMILES string of the molecule is COc1ncc(C)cc1NC(=O)/C=C\c1ccco1. The Morgan fingerprint density at radius 2 is 2.37 bits per heavy atom. The van der Waals surface area contributed by atoms with Crippen LogP contribution in [0.4, 0.5) is 5.69 Å². The van der Waals surface area contributed by atoms with E-state index in [4.69, 9.17) is 9.15 Å². The van der Waals surface area contributed by atoms with Crippen LogP contribution in [-0.4, -0.2) is 18.0 Å². The first-order valence-corrected chi connectivity index (χ1v) is 5.72. The van der Waals surface area contributed by atoms with Gasteiger partial charge in [-0.25, -0.2) is 4.98 Å². The molecule has 2 rings (SSSR count). The number of methoxy groups -OCH3 is 1. The minimum atomic E-state index is -0.276. The fourth-order valence-electron chi connectivity index (χ4n) is 1.53. The zero-order chi connectivity index (χ0) is 13.7.